The Balaban J connectivity index is 1.19. The molecule has 12 heteroatoms. The van der Waals surface area contributed by atoms with Gasteiger partial charge in [-0.3, -0.25) is 19.2 Å². The number of rotatable bonds is 0. The summed E-state index contributed by atoms with van der Waals surface area (Å²) in [5, 5.41) is 0. The molecule has 0 radical (unpaired) electrons. The van der Waals surface area contributed by atoms with Crippen LogP contribution in [0, 0.1) is 23.7 Å². The zero-order valence-corrected chi connectivity index (χ0v) is 32.6. The molecule has 52 heavy (non-hydrogen) atoms. The fourth-order valence-electron chi connectivity index (χ4n) is 8.60. The molecular formula is C40H64O12. The molecule has 0 aliphatic carbocycles. The molecule has 8 bridgehead atoms. The van der Waals surface area contributed by atoms with Crippen molar-refractivity contribution in [3.05, 3.63) is 0 Å². The van der Waals surface area contributed by atoms with Crippen molar-refractivity contribution in [2.45, 2.75) is 206 Å². The maximum Gasteiger partial charge on any atom is 0.311 e. The highest BCUT2D eigenvalue weighted by atomic mass is 16.6. The fourth-order valence-corrected chi connectivity index (χ4v) is 8.60. The van der Waals surface area contributed by atoms with Gasteiger partial charge in [0.25, 0.3) is 0 Å². The normalized spacial score (nSPS) is 45.2. The minimum atomic E-state index is -0.434. The molecule has 0 aromatic carbocycles. The van der Waals surface area contributed by atoms with Crippen LogP contribution in [-0.2, 0) is 57.1 Å². The van der Waals surface area contributed by atoms with Gasteiger partial charge in [0.15, 0.2) is 0 Å². The number of fused-ring (bicyclic) bond motifs is 8. The Labute approximate surface area is 309 Å². The molecule has 0 aromatic heterocycles. The summed E-state index contributed by atoms with van der Waals surface area (Å²) in [5.74, 6) is -2.93. The zero-order chi connectivity index (χ0) is 37.7. The third-order valence-electron chi connectivity index (χ3n) is 11.9. The smallest absolute Gasteiger partial charge is 0.311 e. The first-order valence-corrected chi connectivity index (χ1v) is 20.1. The van der Waals surface area contributed by atoms with E-state index in [1.54, 1.807) is 0 Å². The van der Waals surface area contributed by atoms with Crippen LogP contribution in [0.15, 0.2) is 0 Å². The molecule has 296 valence electrons. The Morgan fingerprint density at radius 1 is 0.327 bits per heavy atom. The summed E-state index contributed by atoms with van der Waals surface area (Å²) < 4.78 is 48.4. The zero-order valence-electron chi connectivity index (χ0n) is 32.6. The molecule has 5 aliphatic heterocycles. The van der Waals surface area contributed by atoms with E-state index in [0.717, 1.165) is 51.4 Å². The van der Waals surface area contributed by atoms with Gasteiger partial charge in [-0.1, -0.05) is 0 Å². The van der Waals surface area contributed by atoms with Crippen LogP contribution in [0.3, 0.4) is 0 Å². The van der Waals surface area contributed by atoms with Gasteiger partial charge in [-0.25, -0.2) is 0 Å². The maximum atomic E-state index is 13.1. The number of hydrogen-bond donors (Lipinski definition) is 0. The summed E-state index contributed by atoms with van der Waals surface area (Å²) in [6.45, 7) is 14.9. The third kappa shape index (κ3) is 10.9. The van der Waals surface area contributed by atoms with Crippen LogP contribution in [0.25, 0.3) is 0 Å². The van der Waals surface area contributed by atoms with Gasteiger partial charge in [-0.15, -0.1) is 0 Å². The average molecular weight is 737 g/mol. The van der Waals surface area contributed by atoms with Crippen LogP contribution in [-0.4, -0.2) is 97.1 Å². The number of hydrogen-bond acceptors (Lipinski definition) is 12. The number of carbonyl (C=O) groups is 4. The van der Waals surface area contributed by atoms with E-state index in [4.69, 9.17) is 37.9 Å². The molecule has 5 saturated heterocycles. The van der Waals surface area contributed by atoms with Gasteiger partial charge in [0, 0.05) is 25.7 Å². The maximum absolute atomic E-state index is 13.1. The summed E-state index contributed by atoms with van der Waals surface area (Å²) in [7, 11) is 0. The molecule has 5 rings (SSSR count). The minimum absolute atomic E-state index is 0.119. The molecule has 5 heterocycles. The SMILES string of the molecule is C[C@@H]1C[C@@H]2CC[C@H](O2)[C@H](C)C(=O)O[C@@H](C)C[C@@H]2CC[C@H](O2)[C@@H](C)C(=O)O[C@@H](C)C[C@H]2CC[C@@H](O2)[C@H](C)C(=O)O[C@@H](C)C[C@H]2CC[C@@H](O2)[C@@H](C)C(=O)O1. The van der Waals surface area contributed by atoms with Gasteiger partial charge in [0.05, 0.1) is 72.5 Å². The standard InChI is InChI=1S/C40H64O12/c1-21-17-29-9-13-34(49-29)26(6)38(42)46-23(3)19-31-11-15-36(51-31)28(8)40(44)48-24(4)20-32-12-16-35(52-32)27(7)39(43)47-22(2)18-30-10-14-33(50-30)25(5)37(41)45-21/h21-36H,9-20H2,1-8H3/t21-,22-,23-,24+,25+,26-,27-,28+,29+,30-,31+,32-,33-,34+,35-,36+/m0/s1. The third-order valence-corrected chi connectivity index (χ3v) is 11.9. The number of esters is 4. The van der Waals surface area contributed by atoms with E-state index >= 15 is 0 Å². The summed E-state index contributed by atoms with van der Waals surface area (Å²) in [5.41, 5.74) is 0. The second kappa shape index (κ2) is 18.4. The summed E-state index contributed by atoms with van der Waals surface area (Å²) >= 11 is 0. The van der Waals surface area contributed by atoms with E-state index < -0.39 is 23.7 Å². The van der Waals surface area contributed by atoms with E-state index in [2.05, 4.69) is 0 Å². The van der Waals surface area contributed by atoms with Gasteiger partial charge < -0.3 is 37.9 Å². The van der Waals surface area contributed by atoms with Crippen molar-refractivity contribution in [3.8, 4) is 0 Å². The summed E-state index contributed by atoms with van der Waals surface area (Å²) in [6, 6.07) is 0. The van der Waals surface area contributed by atoms with Crippen molar-refractivity contribution in [1.82, 2.24) is 0 Å². The van der Waals surface area contributed by atoms with Crippen LogP contribution >= 0.6 is 0 Å². The molecule has 12 nitrogen and oxygen atoms in total. The monoisotopic (exact) mass is 736 g/mol. The minimum Gasteiger partial charge on any atom is -0.462 e. The van der Waals surface area contributed by atoms with E-state index in [0.29, 0.717) is 25.7 Å². The molecule has 16 atom stereocenters. The average Bonchev–Trinajstić information content (AvgIpc) is 3.91. The highest BCUT2D eigenvalue weighted by Gasteiger charge is 2.41. The number of cyclic esters (lactones) is 4. The molecule has 0 amide bonds. The molecule has 0 unspecified atom stereocenters. The van der Waals surface area contributed by atoms with Crippen LogP contribution in [0.1, 0.15) is 132 Å². The second-order valence-corrected chi connectivity index (χ2v) is 16.6. The molecule has 5 aliphatic rings. The molecule has 0 saturated carbocycles. The van der Waals surface area contributed by atoms with Crippen molar-refractivity contribution in [2.75, 3.05) is 0 Å². The largest absolute Gasteiger partial charge is 0.462 e. The summed E-state index contributed by atoms with van der Waals surface area (Å²) in [6.07, 6.45) is 5.22. The quantitative estimate of drug-likeness (QED) is 0.212. The molecule has 0 spiro atoms. The second-order valence-electron chi connectivity index (χ2n) is 16.6. The van der Waals surface area contributed by atoms with Crippen molar-refractivity contribution < 1.29 is 57.1 Å². The number of ether oxygens (including phenoxy) is 8. The van der Waals surface area contributed by atoms with Crippen LogP contribution in [0.4, 0.5) is 0 Å². The van der Waals surface area contributed by atoms with Gasteiger partial charge in [-0.2, -0.15) is 0 Å². The Hall–Kier alpha value is -2.28. The first-order chi connectivity index (χ1) is 24.7. The molecular weight excluding hydrogens is 672 g/mol. The first kappa shape index (κ1) is 40.9. The van der Waals surface area contributed by atoms with Crippen molar-refractivity contribution in [3.63, 3.8) is 0 Å². The molecule has 0 aromatic rings. The lowest BCUT2D eigenvalue weighted by molar-refractivity contribution is -0.161. The Morgan fingerprint density at radius 3 is 0.712 bits per heavy atom. The van der Waals surface area contributed by atoms with E-state index in [-0.39, 0.29) is 97.1 Å². The van der Waals surface area contributed by atoms with Crippen LogP contribution in [0.2, 0.25) is 0 Å². The lowest BCUT2D eigenvalue weighted by Crippen LogP contribution is -2.34. The Morgan fingerprint density at radius 2 is 0.519 bits per heavy atom. The Bertz CT molecular complexity index is 1040. The highest BCUT2D eigenvalue weighted by molar-refractivity contribution is 5.74. The lowest BCUT2D eigenvalue weighted by atomic mass is 10.00. The fraction of sp³-hybridized carbons (Fsp3) is 0.900. The molecule has 5 fully saturated rings. The predicted octanol–water partition coefficient (Wildman–Crippen LogP) is 6.02. The van der Waals surface area contributed by atoms with Gasteiger partial charge in [0.1, 0.15) is 24.4 Å². The molecule has 0 N–H and O–H groups in total. The van der Waals surface area contributed by atoms with E-state index in [9.17, 15) is 19.2 Å². The van der Waals surface area contributed by atoms with Gasteiger partial charge in [0.2, 0.25) is 0 Å². The Kier molecular flexibility index (Phi) is 14.4. The van der Waals surface area contributed by atoms with Crippen molar-refractivity contribution >= 4 is 23.9 Å². The van der Waals surface area contributed by atoms with Crippen molar-refractivity contribution in [2.24, 2.45) is 23.7 Å². The summed E-state index contributed by atoms with van der Waals surface area (Å²) in [4.78, 5) is 52.4. The van der Waals surface area contributed by atoms with Gasteiger partial charge in [-0.05, 0) is 107 Å². The van der Waals surface area contributed by atoms with Gasteiger partial charge >= 0.3 is 23.9 Å². The van der Waals surface area contributed by atoms with Crippen LogP contribution < -0.4 is 0 Å². The highest BCUT2D eigenvalue weighted by Crippen LogP contribution is 2.34. The van der Waals surface area contributed by atoms with E-state index in [1.807, 2.05) is 55.4 Å². The predicted molar refractivity (Wildman–Crippen MR) is 189 cm³/mol. The lowest BCUT2D eigenvalue weighted by Gasteiger charge is -2.26. The topological polar surface area (TPSA) is 142 Å². The van der Waals surface area contributed by atoms with E-state index in [1.165, 1.54) is 0 Å². The van der Waals surface area contributed by atoms with Crippen molar-refractivity contribution in [1.29, 1.82) is 0 Å². The first-order valence-electron chi connectivity index (χ1n) is 20.1. The number of carbonyl (C=O) groups excluding carboxylic acids is 4. The van der Waals surface area contributed by atoms with Crippen LogP contribution in [0.5, 0.6) is 0 Å².